The number of carbonyl (C=O) groups is 1. The molecule has 1 aliphatic heterocycles. The van der Waals surface area contributed by atoms with E-state index in [1.807, 2.05) is 35.2 Å². The van der Waals surface area contributed by atoms with E-state index in [2.05, 4.69) is 19.2 Å². The summed E-state index contributed by atoms with van der Waals surface area (Å²) in [6.45, 7) is 6.50. The van der Waals surface area contributed by atoms with E-state index in [-0.39, 0.29) is 23.9 Å². The van der Waals surface area contributed by atoms with Crippen LogP contribution in [0.5, 0.6) is 0 Å². The van der Waals surface area contributed by atoms with Crippen molar-refractivity contribution in [1.29, 1.82) is 0 Å². The summed E-state index contributed by atoms with van der Waals surface area (Å²) in [5.74, 6) is 0.266. The molecule has 1 heterocycles. The lowest BCUT2D eigenvalue weighted by atomic mass is 9.96. The van der Waals surface area contributed by atoms with E-state index >= 15 is 0 Å². The number of hydrogen-bond acceptors (Lipinski definition) is 4. The predicted octanol–water partition coefficient (Wildman–Crippen LogP) is 2.63. The number of amides is 1. The summed E-state index contributed by atoms with van der Waals surface area (Å²) in [6.07, 6.45) is 5.32. The molecule has 0 aromatic heterocycles. The van der Waals surface area contributed by atoms with Crippen molar-refractivity contribution in [3.05, 3.63) is 35.9 Å². The molecule has 1 atom stereocenters. The molecular weight excluding hydrogens is 412 g/mol. The van der Waals surface area contributed by atoms with Gasteiger partial charge < -0.3 is 5.32 Å². The highest BCUT2D eigenvalue weighted by atomic mass is 32.2. The van der Waals surface area contributed by atoms with Gasteiger partial charge in [-0.1, -0.05) is 63.4 Å². The van der Waals surface area contributed by atoms with E-state index < -0.39 is 10.2 Å². The fourth-order valence-electron chi connectivity index (χ4n) is 4.65. The van der Waals surface area contributed by atoms with Crippen molar-refractivity contribution >= 4 is 16.1 Å². The van der Waals surface area contributed by atoms with Crippen LogP contribution in [0.25, 0.3) is 0 Å². The molecule has 1 amide bonds. The Labute approximate surface area is 188 Å². The third-order valence-corrected chi connectivity index (χ3v) is 8.66. The zero-order chi connectivity index (χ0) is 22.4. The van der Waals surface area contributed by atoms with Gasteiger partial charge >= 0.3 is 0 Å². The van der Waals surface area contributed by atoms with Crippen molar-refractivity contribution in [2.24, 2.45) is 5.92 Å². The normalized spacial score (nSPS) is 20.8. The molecule has 1 aromatic carbocycles. The number of carbonyl (C=O) groups excluding carboxylic acids is 1. The number of hydrogen-bond donors (Lipinski definition) is 1. The first-order valence-electron chi connectivity index (χ1n) is 11.6. The van der Waals surface area contributed by atoms with Crippen LogP contribution in [0.1, 0.15) is 57.6 Å². The lowest BCUT2D eigenvalue weighted by Gasteiger charge is -2.38. The standard InChI is InChI=1S/C23H38N4O3S/c1-19(2)23(20-10-6-4-7-11-20)24-22(28)18-26-14-16-27(17-15-26)31(29,30)25(3)21-12-8-5-9-13-21/h4,6-7,10-11,19,21,23H,5,8-9,12-18H2,1-3H3,(H,24,28). The van der Waals surface area contributed by atoms with Crippen LogP contribution in [0.3, 0.4) is 0 Å². The molecule has 0 spiro atoms. The highest BCUT2D eigenvalue weighted by Gasteiger charge is 2.35. The molecule has 2 aliphatic rings. The summed E-state index contributed by atoms with van der Waals surface area (Å²) in [5, 5.41) is 3.16. The van der Waals surface area contributed by atoms with Gasteiger partial charge in [0, 0.05) is 39.3 Å². The molecule has 2 fully saturated rings. The first-order valence-corrected chi connectivity index (χ1v) is 13.0. The number of nitrogens with one attached hydrogen (secondary N) is 1. The highest BCUT2D eigenvalue weighted by molar-refractivity contribution is 7.86. The summed E-state index contributed by atoms with van der Waals surface area (Å²) in [4.78, 5) is 14.7. The lowest BCUT2D eigenvalue weighted by Crippen LogP contribution is -2.55. The monoisotopic (exact) mass is 450 g/mol. The highest BCUT2D eigenvalue weighted by Crippen LogP contribution is 2.25. The second-order valence-corrected chi connectivity index (χ2v) is 11.2. The molecule has 0 bridgehead atoms. The van der Waals surface area contributed by atoms with E-state index in [1.54, 1.807) is 15.7 Å². The molecule has 1 N–H and O–H groups in total. The maximum atomic E-state index is 13.0. The molecular formula is C23H38N4O3S. The van der Waals surface area contributed by atoms with Gasteiger partial charge in [0.1, 0.15) is 0 Å². The van der Waals surface area contributed by atoms with Crippen molar-refractivity contribution in [2.45, 2.75) is 58.0 Å². The Hall–Kier alpha value is -1.48. The van der Waals surface area contributed by atoms with Crippen LogP contribution in [0.4, 0.5) is 0 Å². The van der Waals surface area contributed by atoms with Crippen LogP contribution in [0, 0.1) is 5.92 Å². The second-order valence-electron chi connectivity index (χ2n) is 9.19. The van der Waals surface area contributed by atoms with E-state index in [9.17, 15) is 13.2 Å². The topological polar surface area (TPSA) is 73.0 Å². The number of nitrogens with zero attached hydrogens (tertiary/aromatic N) is 3. The van der Waals surface area contributed by atoms with Crippen molar-refractivity contribution < 1.29 is 13.2 Å². The van der Waals surface area contributed by atoms with Crippen LogP contribution < -0.4 is 5.32 Å². The van der Waals surface area contributed by atoms with Crippen LogP contribution in [-0.4, -0.2) is 73.6 Å². The van der Waals surface area contributed by atoms with Gasteiger partial charge in [-0.25, -0.2) is 0 Å². The Kier molecular flexibility index (Phi) is 8.50. The second kappa shape index (κ2) is 10.9. The SMILES string of the molecule is CC(C)C(NC(=O)CN1CCN(S(=O)(=O)N(C)C2CCCCC2)CC1)c1ccccc1. The van der Waals surface area contributed by atoms with Gasteiger partial charge in [-0.05, 0) is 24.3 Å². The third-order valence-electron chi connectivity index (χ3n) is 6.62. The minimum absolute atomic E-state index is 0.0156. The molecule has 31 heavy (non-hydrogen) atoms. The summed E-state index contributed by atoms with van der Waals surface area (Å²) in [6, 6.07) is 10.1. The predicted molar refractivity (Wildman–Crippen MR) is 124 cm³/mol. The van der Waals surface area contributed by atoms with Crippen molar-refractivity contribution in [1.82, 2.24) is 18.8 Å². The fraction of sp³-hybridized carbons (Fsp3) is 0.696. The van der Waals surface area contributed by atoms with Crippen LogP contribution in [0.2, 0.25) is 0 Å². The molecule has 0 radical (unpaired) electrons. The summed E-state index contributed by atoms with van der Waals surface area (Å²) < 4.78 is 29.3. The Bertz CT molecular complexity index is 801. The average molecular weight is 451 g/mol. The number of benzene rings is 1. The van der Waals surface area contributed by atoms with Crippen LogP contribution in [-0.2, 0) is 15.0 Å². The quantitative estimate of drug-likeness (QED) is 0.661. The fourth-order valence-corrected chi connectivity index (χ4v) is 6.23. The Balaban J connectivity index is 1.50. The zero-order valence-electron chi connectivity index (χ0n) is 19.2. The first kappa shape index (κ1) is 24.2. The van der Waals surface area contributed by atoms with Gasteiger partial charge in [0.05, 0.1) is 12.6 Å². The zero-order valence-corrected chi connectivity index (χ0v) is 20.0. The molecule has 1 unspecified atom stereocenters. The molecule has 174 valence electrons. The Morgan fingerprint density at radius 1 is 1.06 bits per heavy atom. The smallest absolute Gasteiger partial charge is 0.282 e. The van der Waals surface area contributed by atoms with E-state index in [4.69, 9.17) is 0 Å². The van der Waals surface area contributed by atoms with Crippen molar-refractivity contribution in [3.8, 4) is 0 Å². The van der Waals surface area contributed by atoms with E-state index in [0.29, 0.717) is 32.7 Å². The number of piperazine rings is 1. The Morgan fingerprint density at radius 2 is 1.68 bits per heavy atom. The van der Waals surface area contributed by atoms with Gasteiger partial charge in [-0.3, -0.25) is 9.69 Å². The van der Waals surface area contributed by atoms with Gasteiger partial charge in [0.25, 0.3) is 10.2 Å². The third kappa shape index (κ3) is 6.28. The maximum absolute atomic E-state index is 13.0. The van der Waals surface area contributed by atoms with Crippen molar-refractivity contribution in [3.63, 3.8) is 0 Å². The van der Waals surface area contributed by atoms with Crippen molar-refractivity contribution in [2.75, 3.05) is 39.8 Å². The molecule has 8 heteroatoms. The first-order chi connectivity index (χ1) is 14.8. The Morgan fingerprint density at radius 3 is 2.26 bits per heavy atom. The molecule has 1 aromatic rings. The largest absolute Gasteiger partial charge is 0.348 e. The minimum atomic E-state index is -3.44. The molecule has 1 saturated carbocycles. The summed E-state index contributed by atoms with van der Waals surface area (Å²) in [5.41, 5.74) is 1.10. The summed E-state index contributed by atoms with van der Waals surface area (Å²) in [7, 11) is -1.72. The van der Waals surface area contributed by atoms with Gasteiger partial charge in [0.15, 0.2) is 0 Å². The molecule has 1 saturated heterocycles. The van der Waals surface area contributed by atoms with E-state index in [1.165, 1.54) is 6.42 Å². The molecule has 3 rings (SSSR count). The van der Waals surface area contributed by atoms with Gasteiger partial charge in [-0.2, -0.15) is 17.0 Å². The minimum Gasteiger partial charge on any atom is -0.348 e. The van der Waals surface area contributed by atoms with Gasteiger partial charge in [-0.15, -0.1) is 0 Å². The summed E-state index contributed by atoms with van der Waals surface area (Å²) >= 11 is 0. The number of rotatable bonds is 8. The molecule has 7 nitrogen and oxygen atoms in total. The van der Waals surface area contributed by atoms with Gasteiger partial charge in [0.2, 0.25) is 5.91 Å². The van der Waals surface area contributed by atoms with Crippen LogP contribution in [0.15, 0.2) is 30.3 Å². The molecule has 1 aliphatic carbocycles. The van der Waals surface area contributed by atoms with Crippen LogP contribution >= 0.6 is 0 Å². The average Bonchev–Trinajstić information content (AvgIpc) is 2.78. The lowest BCUT2D eigenvalue weighted by molar-refractivity contribution is -0.123. The van der Waals surface area contributed by atoms with E-state index in [0.717, 1.165) is 31.2 Å². The maximum Gasteiger partial charge on any atom is 0.282 e.